The number of hydrogen-bond acceptors (Lipinski definition) is 4. The van der Waals surface area contributed by atoms with Gasteiger partial charge in [-0.1, -0.05) is 26.7 Å². The summed E-state index contributed by atoms with van der Waals surface area (Å²) < 4.78 is 4.63. The van der Waals surface area contributed by atoms with Crippen molar-refractivity contribution in [2.24, 2.45) is 5.41 Å². The first-order valence-electron chi connectivity index (χ1n) is 7.30. The summed E-state index contributed by atoms with van der Waals surface area (Å²) in [5.41, 5.74) is 0.311. The molecule has 0 aromatic rings. The maximum atomic E-state index is 11.9. The molecule has 0 bridgehead atoms. The van der Waals surface area contributed by atoms with Crippen molar-refractivity contribution in [3.8, 4) is 0 Å². The number of carbonyl (C=O) groups excluding carboxylic acids is 2. The molecule has 1 fully saturated rings. The van der Waals surface area contributed by atoms with Crippen LogP contribution in [0.4, 0.5) is 4.79 Å². The van der Waals surface area contributed by atoms with Gasteiger partial charge in [-0.15, -0.1) is 0 Å². The average Bonchev–Trinajstić information content (AvgIpc) is 2.46. The predicted octanol–water partition coefficient (Wildman–Crippen LogP) is 1.23. The highest BCUT2D eigenvalue weighted by atomic mass is 16.5. The summed E-state index contributed by atoms with van der Waals surface area (Å²) in [6, 6.07) is -0.431. The van der Waals surface area contributed by atoms with Gasteiger partial charge in [0.1, 0.15) is 13.2 Å². The van der Waals surface area contributed by atoms with Crippen LogP contribution in [-0.4, -0.2) is 54.2 Å². The van der Waals surface area contributed by atoms with Gasteiger partial charge < -0.3 is 14.7 Å². The predicted molar refractivity (Wildman–Crippen MR) is 75.8 cm³/mol. The second kappa shape index (κ2) is 7.97. The van der Waals surface area contributed by atoms with Crippen LogP contribution in [-0.2, 0) is 14.3 Å². The zero-order chi connectivity index (χ0) is 15.9. The lowest BCUT2D eigenvalue weighted by Gasteiger charge is -2.40. The zero-order valence-corrected chi connectivity index (χ0v) is 12.7. The number of carboxylic acid groups (broad SMARTS) is 1. The summed E-state index contributed by atoms with van der Waals surface area (Å²) in [7, 11) is 0. The summed E-state index contributed by atoms with van der Waals surface area (Å²) in [4.78, 5) is 35.2. The minimum Gasteiger partial charge on any atom is -0.480 e. The summed E-state index contributed by atoms with van der Waals surface area (Å²) in [6.07, 6.45) is 4.08. The second-order valence-corrected chi connectivity index (χ2v) is 5.43. The van der Waals surface area contributed by atoms with Gasteiger partial charge in [-0.3, -0.25) is 10.1 Å². The summed E-state index contributed by atoms with van der Waals surface area (Å²) in [6.45, 7) is 4.62. The van der Waals surface area contributed by atoms with Crippen molar-refractivity contribution in [3.05, 3.63) is 0 Å². The molecule has 3 amide bonds. The molecule has 0 saturated carbocycles. The number of carboxylic acids is 1. The molecule has 0 spiro atoms. The van der Waals surface area contributed by atoms with Gasteiger partial charge in [-0.25, -0.2) is 9.59 Å². The van der Waals surface area contributed by atoms with E-state index in [4.69, 9.17) is 5.11 Å². The van der Waals surface area contributed by atoms with Gasteiger partial charge in [0.15, 0.2) is 0 Å². The third-order valence-corrected chi connectivity index (χ3v) is 4.32. The quantitative estimate of drug-likeness (QED) is 0.769. The molecule has 1 saturated heterocycles. The number of carbonyl (C=O) groups is 3. The van der Waals surface area contributed by atoms with Crippen molar-refractivity contribution in [2.45, 2.75) is 39.5 Å². The van der Waals surface area contributed by atoms with E-state index in [0.29, 0.717) is 18.5 Å². The Balaban J connectivity index is 2.34. The monoisotopic (exact) mass is 300 g/mol. The van der Waals surface area contributed by atoms with Crippen molar-refractivity contribution in [1.82, 2.24) is 10.2 Å². The number of likely N-dealkylation sites (tertiary alicyclic amines) is 1. The topological polar surface area (TPSA) is 95.9 Å². The fourth-order valence-electron chi connectivity index (χ4n) is 2.61. The van der Waals surface area contributed by atoms with Gasteiger partial charge >= 0.3 is 12.0 Å². The number of nitrogens with one attached hydrogen (secondary N) is 1. The van der Waals surface area contributed by atoms with E-state index in [9.17, 15) is 14.4 Å². The SMILES string of the molecule is CCC1(CC)CCN(C(=O)NC(=O)COCC(=O)O)CC1. The number of aliphatic carboxylic acids is 1. The van der Waals surface area contributed by atoms with E-state index in [2.05, 4.69) is 23.9 Å². The number of ether oxygens (including phenoxy) is 1. The highest BCUT2D eigenvalue weighted by Crippen LogP contribution is 2.37. The third kappa shape index (κ3) is 5.34. The first-order valence-corrected chi connectivity index (χ1v) is 7.30. The normalized spacial score (nSPS) is 17.3. The molecule has 7 nitrogen and oxygen atoms in total. The van der Waals surface area contributed by atoms with Crippen LogP contribution >= 0.6 is 0 Å². The maximum Gasteiger partial charge on any atom is 0.329 e. The fourth-order valence-corrected chi connectivity index (χ4v) is 2.61. The number of amides is 3. The van der Waals surface area contributed by atoms with Crippen molar-refractivity contribution < 1.29 is 24.2 Å². The molecule has 7 heteroatoms. The summed E-state index contributed by atoms with van der Waals surface area (Å²) in [5, 5.41) is 10.6. The zero-order valence-electron chi connectivity index (χ0n) is 12.7. The van der Waals surface area contributed by atoms with Crippen LogP contribution in [0.3, 0.4) is 0 Å². The number of nitrogens with zero attached hydrogens (tertiary/aromatic N) is 1. The Labute approximate surface area is 124 Å². The molecule has 1 aliphatic heterocycles. The van der Waals surface area contributed by atoms with Gasteiger partial charge in [0.05, 0.1) is 0 Å². The molecule has 1 rings (SSSR count). The molecular weight excluding hydrogens is 276 g/mol. The smallest absolute Gasteiger partial charge is 0.329 e. The van der Waals surface area contributed by atoms with Gasteiger partial charge in [-0.05, 0) is 18.3 Å². The second-order valence-electron chi connectivity index (χ2n) is 5.43. The van der Waals surface area contributed by atoms with Crippen LogP contribution in [0.5, 0.6) is 0 Å². The standard InChI is InChI=1S/C14H24N2O5/c1-3-14(4-2)5-7-16(8-6-14)13(20)15-11(17)9-21-10-12(18)19/h3-10H2,1-2H3,(H,18,19)(H,15,17,20). The average molecular weight is 300 g/mol. The number of rotatable bonds is 6. The largest absolute Gasteiger partial charge is 0.480 e. The molecule has 1 aliphatic rings. The molecule has 0 aromatic heterocycles. The van der Waals surface area contributed by atoms with E-state index < -0.39 is 31.1 Å². The molecule has 21 heavy (non-hydrogen) atoms. The third-order valence-electron chi connectivity index (χ3n) is 4.32. The fraction of sp³-hybridized carbons (Fsp3) is 0.786. The Morgan fingerprint density at radius 2 is 1.71 bits per heavy atom. The maximum absolute atomic E-state index is 11.9. The van der Waals surface area contributed by atoms with E-state index in [-0.39, 0.29) is 0 Å². The van der Waals surface area contributed by atoms with Crippen molar-refractivity contribution in [1.29, 1.82) is 0 Å². The number of piperidine rings is 1. The van der Waals surface area contributed by atoms with Gasteiger partial charge in [0.25, 0.3) is 5.91 Å². The first kappa shape index (κ1) is 17.4. The Hall–Kier alpha value is -1.63. The molecule has 0 aliphatic carbocycles. The van der Waals surface area contributed by atoms with Crippen molar-refractivity contribution in [3.63, 3.8) is 0 Å². The van der Waals surface area contributed by atoms with Gasteiger partial charge in [-0.2, -0.15) is 0 Å². The van der Waals surface area contributed by atoms with Crippen molar-refractivity contribution >= 4 is 17.9 Å². The first-order chi connectivity index (χ1) is 9.92. The Morgan fingerprint density at radius 3 is 2.19 bits per heavy atom. The minimum absolute atomic E-state index is 0.311. The Bertz CT molecular complexity index is 383. The highest BCUT2D eigenvalue weighted by molar-refractivity contribution is 5.95. The number of imide groups is 1. The molecule has 120 valence electrons. The Kier molecular flexibility index (Phi) is 6.61. The Morgan fingerprint density at radius 1 is 1.14 bits per heavy atom. The van der Waals surface area contributed by atoms with Crippen LogP contribution in [0.15, 0.2) is 0 Å². The number of urea groups is 1. The van der Waals surface area contributed by atoms with E-state index in [1.54, 1.807) is 4.90 Å². The molecule has 0 aromatic carbocycles. The van der Waals surface area contributed by atoms with E-state index in [1.807, 2.05) is 0 Å². The highest BCUT2D eigenvalue weighted by Gasteiger charge is 2.33. The minimum atomic E-state index is -1.15. The molecule has 0 unspecified atom stereocenters. The molecule has 2 N–H and O–H groups in total. The molecule has 1 heterocycles. The van der Waals surface area contributed by atoms with Crippen LogP contribution in [0.1, 0.15) is 39.5 Å². The van der Waals surface area contributed by atoms with Crippen LogP contribution in [0.2, 0.25) is 0 Å². The van der Waals surface area contributed by atoms with Gasteiger partial charge in [0, 0.05) is 13.1 Å². The van der Waals surface area contributed by atoms with Gasteiger partial charge in [0.2, 0.25) is 0 Å². The molecule has 0 radical (unpaired) electrons. The lowest BCUT2D eigenvalue weighted by atomic mass is 9.74. The summed E-state index contributed by atoms with van der Waals surface area (Å²) in [5.74, 6) is -1.77. The van der Waals surface area contributed by atoms with E-state index >= 15 is 0 Å². The van der Waals surface area contributed by atoms with E-state index in [0.717, 1.165) is 25.7 Å². The van der Waals surface area contributed by atoms with Crippen LogP contribution < -0.4 is 5.32 Å². The van der Waals surface area contributed by atoms with Crippen LogP contribution in [0, 0.1) is 5.41 Å². The lowest BCUT2D eigenvalue weighted by molar-refractivity contribution is -0.143. The van der Waals surface area contributed by atoms with Crippen LogP contribution in [0.25, 0.3) is 0 Å². The van der Waals surface area contributed by atoms with E-state index in [1.165, 1.54) is 0 Å². The molecular formula is C14H24N2O5. The number of hydrogen-bond donors (Lipinski definition) is 2. The molecule has 0 atom stereocenters. The lowest BCUT2D eigenvalue weighted by Crippen LogP contribution is -2.49. The van der Waals surface area contributed by atoms with Crippen molar-refractivity contribution in [2.75, 3.05) is 26.3 Å². The summed E-state index contributed by atoms with van der Waals surface area (Å²) >= 11 is 0.